The lowest BCUT2D eigenvalue weighted by Gasteiger charge is -2.10. The first kappa shape index (κ1) is 14.3. The summed E-state index contributed by atoms with van der Waals surface area (Å²) in [6.45, 7) is 0. The Morgan fingerprint density at radius 3 is 2.47 bits per heavy atom. The zero-order valence-corrected chi connectivity index (χ0v) is 11.3. The number of carbonyl (C=O) groups excluding carboxylic acids is 1. The molecule has 0 atom stereocenters. The second-order valence-electron chi connectivity index (χ2n) is 3.49. The van der Waals surface area contributed by atoms with Gasteiger partial charge in [-0.05, 0) is 12.1 Å². The Hall–Kier alpha value is -1.11. The first-order valence-electron chi connectivity index (χ1n) is 4.81. The summed E-state index contributed by atoms with van der Waals surface area (Å²) >= 11 is 12.4. The molecule has 100 valence electrons. The Morgan fingerprint density at radius 2 is 1.95 bits per heavy atom. The van der Waals surface area contributed by atoms with Crippen LogP contribution in [0.4, 0.5) is 13.2 Å². The maximum atomic E-state index is 12.8. The lowest BCUT2D eigenvalue weighted by atomic mass is 10.0. The normalized spacial score (nSPS) is 11.6. The van der Waals surface area contributed by atoms with E-state index in [4.69, 9.17) is 23.2 Å². The second-order valence-corrected chi connectivity index (χ2v) is 5.77. The largest absolute Gasteiger partial charge is 0.417 e. The topological polar surface area (TPSA) is 30.0 Å². The maximum absolute atomic E-state index is 12.8. The fourth-order valence-electron chi connectivity index (χ4n) is 1.46. The van der Waals surface area contributed by atoms with E-state index in [-0.39, 0.29) is 14.2 Å². The number of hydrogen-bond acceptors (Lipinski definition) is 3. The third kappa shape index (κ3) is 2.91. The van der Waals surface area contributed by atoms with E-state index in [9.17, 15) is 18.0 Å². The number of alkyl halides is 3. The van der Waals surface area contributed by atoms with Gasteiger partial charge >= 0.3 is 6.18 Å². The van der Waals surface area contributed by atoms with Crippen molar-refractivity contribution < 1.29 is 18.0 Å². The molecule has 2 aromatic rings. The lowest BCUT2D eigenvalue weighted by molar-refractivity contribution is -0.137. The van der Waals surface area contributed by atoms with Crippen LogP contribution in [-0.2, 0) is 6.18 Å². The van der Waals surface area contributed by atoms with Crippen LogP contribution >= 0.6 is 34.5 Å². The first-order chi connectivity index (χ1) is 8.80. The van der Waals surface area contributed by atoms with Crippen LogP contribution < -0.4 is 0 Å². The van der Waals surface area contributed by atoms with Crippen molar-refractivity contribution in [1.29, 1.82) is 0 Å². The predicted molar refractivity (Wildman–Crippen MR) is 67.0 cm³/mol. The van der Waals surface area contributed by atoms with Crippen LogP contribution in [0.15, 0.2) is 24.5 Å². The fraction of sp³-hybridized carbons (Fsp3) is 0.0909. The Labute approximate surface area is 119 Å². The molecule has 0 bridgehead atoms. The van der Waals surface area contributed by atoms with Gasteiger partial charge in [0.25, 0.3) is 0 Å². The molecule has 0 aromatic carbocycles. The van der Waals surface area contributed by atoms with E-state index in [1.54, 1.807) is 0 Å². The Kier molecular flexibility index (Phi) is 3.85. The van der Waals surface area contributed by atoms with Crippen molar-refractivity contribution in [3.8, 4) is 0 Å². The minimum atomic E-state index is -4.64. The van der Waals surface area contributed by atoms with Crippen molar-refractivity contribution in [3.05, 3.63) is 49.9 Å². The quantitative estimate of drug-likeness (QED) is 0.749. The van der Waals surface area contributed by atoms with Gasteiger partial charge in [-0.1, -0.05) is 23.2 Å². The average Bonchev–Trinajstić information content (AvgIpc) is 2.66. The molecule has 8 heteroatoms. The van der Waals surface area contributed by atoms with E-state index in [1.165, 1.54) is 6.07 Å². The predicted octanol–water partition coefficient (Wildman–Crippen LogP) is 4.70. The van der Waals surface area contributed by atoms with Gasteiger partial charge in [-0.25, -0.2) is 0 Å². The molecule has 2 heterocycles. The highest BCUT2D eigenvalue weighted by Crippen LogP contribution is 2.36. The monoisotopic (exact) mass is 325 g/mol. The molecule has 0 unspecified atom stereocenters. The molecule has 19 heavy (non-hydrogen) atoms. The molecule has 2 rings (SSSR count). The SMILES string of the molecule is O=C(c1cnccc1C(F)(F)F)c1cc(Cl)sc1Cl. The summed E-state index contributed by atoms with van der Waals surface area (Å²) in [6, 6.07) is 1.99. The van der Waals surface area contributed by atoms with Gasteiger partial charge in [-0.3, -0.25) is 9.78 Å². The van der Waals surface area contributed by atoms with Crippen LogP contribution in [0.5, 0.6) is 0 Å². The molecule has 2 aromatic heterocycles. The first-order valence-corrected chi connectivity index (χ1v) is 6.38. The van der Waals surface area contributed by atoms with Crippen molar-refractivity contribution >= 4 is 40.3 Å². The van der Waals surface area contributed by atoms with Gasteiger partial charge in [0.05, 0.1) is 21.0 Å². The molecular formula is C11H4Cl2F3NOS. The van der Waals surface area contributed by atoms with E-state index in [0.29, 0.717) is 0 Å². The van der Waals surface area contributed by atoms with Gasteiger partial charge in [-0.2, -0.15) is 13.2 Å². The molecule has 0 saturated carbocycles. The Morgan fingerprint density at radius 1 is 1.26 bits per heavy atom. The number of rotatable bonds is 2. The number of thiophene rings is 1. The number of aromatic nitrogens is 1. The van der Waals surface area contributed by atoms with Gasteiger partial charge < -0.3 is 0 Å². The summed E-state index contributed by atoms with van der Waals surface area (Å²) in [7, 11) is 0. The standard InChI is InChI=1S/C11H4Cl2F3NOS/c12-8-3-5(10(13)19-8)9(18)6-4-17-2-1-7(6)11(14,15)16/h1-4H. The summed E-state index contributed by atoms with van der Waals surface area (Å²) in [5.74, 6) is -0.853. The zero-order chi connectivity index (χ0) is 14.2. The lowest BCUT2D eigenvalue weighted by Crippen LogP contribution is -2.14. The van der Waals surface area contributed by atoms with Crippen molar-refractivity contribution in [2.75, 3.05) is 0 Å². The van der Waals surface area contributed by atoms with Gasteiger partial charge in [0.15, 0.2) is 5.78 Å². The minimum Gasteiger partial charge on any atom is -0.288 e. The van der Waals surface area contributed by atoms with Gasteiger partial charge in [0, 0.05) is 12.4 Å². The van der Waals surface area contributed by atoms with Crippen molar-refractivity contribution in [1.82, 2.24) is 4.98 Å². The molecule has 0 fully saturated rings. The summed E-state index contributed by atoms with van der Waals surface area (Å²) in [4.78, 5) is 15.6. The van der Waals surface area contributed by atoms with Crippen molar-refractivity contribution in [3.63, 3.8) is 0 Å². The molecule has 0 spiro atoms. The summed E-state index contributed by atoms with van der Waals surface area (Å²) in [6.07, 6.45) is -2.80. The van der Waals surface area contributed by atoms with Crippen LogP contribution in [-0.4, -0.2) is 10.8 Å². The highest BCUT2D eigenvalue weighted by molar-refractivity contribution is 7.20. The van der Waals surface area contributed by atoms with Crippen LogP contribution in [0, 0.1) is 0 Å². The number of carbonyl (C=O) groups is 1. The third-order valence-corrected chi connectivity index (χ3v) is 3.76. The van der Waals surface area contributed by atoms with Crippen LogP contribution in [0.2, 0.25) is 8.67 Å². The van der Waals surface area contributed by atoms with E-state index in [0.717, 1.165) is 29.8 Å². The molecule has 0 aliphatic rings. The summed E-state index contributed by atoms with van der Waals surface area (Å²) in [5.41, 5.74) is -1.66. The van der Waals surface area contributed by atoms with Crippen molar-refractivity contribution in [2.24, 2.45) is 0 Å². The van der Waals surface area contributed by atoms with Crippen LogP contribution in [0.3, 0.4) is 0 Å². The van der Waals surface area contributed by atoms with Gasteiger partial charge in [0.2, 0.25) is 0 Å². The average molecular weight is 326 g/mol. The maximum Gasteiger partial charge on any atom is 0.417 e. The third-order valence-electron chi connectivity index (χ3n) is 2.27. The fourth-order valence-corrected chi connectivity index (χ4v) is 2.92. The smallest absolute Gasteiger partial charge is 0.288 e. The Balaban J connectivity index is 2.54. The second kappa shape index (κ2) is 5.11. The highest BCUT2D eigenvalue weighted by atomic mass is 35.5. The van der Waals surface area contributed by atoms with E-state index in [1.807, 2.05) is 0 Å². The molecule has 0 aliphatic heterocycles. The molecule has 0 aliphatic carbocycles. The van der Waals surface area contributed by atoms with E-state index >= 15 is 0 Å². The molecule has 0 amide bonds. The molecule has 2 nitrogen and oxygen atoms in total. The summed E-state index contributed by atoms with van der Waals surface area (Å²) in [5, 5.41) is 0. The zero-order valence-electron chi connectivity index (χ0n) is 8.96. The Bertz CT molecular complexity index is 639. The number of halogens is 5. The molecule has 0 radical (unpaired) electrons. The number of pyridine rings is 1. The van der Waals surface area contributed by atoms with Crippen LogP contribution in [0.1, 0.15) is 21.5 Å². The van der Waals surface area contributed by atoms with Gasteiger partial charge in [-0.15, -0.1) is 11.3 Å². The van der Waals surface area contributed by atoms with Crippen molar-refractivity contribution in [2.45, 2.75) is 6.18 Å². The minimum absolute atomic E-state index is 0.0481. The molecule has 0 saturated heterocycles. The molecular weight excluding hydrogens is 322 g/mol. The number of ketones is 1. The van der Waals surface area contributed by atoms with E-state index < -0.39 is 23.1 Å². The molecule has 0 N–H and O–H groups in total. The van der Waals surface area contributed by atoms with Crippen LogP contribution in [0.25, 0.3) is 0 Å². The highest BCUT2D eigenvalue weighted by Gasteiger charge is 2.35. The number of hydrogen-bond donors (Lipinski definition) is 0. The van der Waals surface area contributed by atoms with E-state index in [2.05, 4.69) is 4.98 Å². The van der Waals surface area contributed by atoms with Gasteiger partial charge in [0.1, 0.15) is 4.34 Å². The summed E-state index contributed by atoms with van der Waals surface area (Å²) < 4.78 is 38.7. The number of nitrogens with zero attached hydrogens (tertiary/aromatic N) is 1.